The summed E-state index contributed by atoms with van der Waals surface area (Å²) in [4.78, 5) is 4.12. The van der Waals surface area contributed by atoms with Gasteiger partial charge in [0.15, 0.2) is 5.96 Å². The van der Waals surface area contributed by atoms with E-state index in [1.807, 2.05) is 0 Å². The Morgan fingerprint density at radius 1 is 2.00 bits per heavy atom. The van der Waals surface area contributed by atoms with Gasteiger partial charge in [0.2, 0.25) is 0 Å². The number of hydrogen-bond acceptors (Lipinski definition) is 3. The van der Waals surface area contributed by atoms with E-state index in [2.05, 4.69) is 22.5 Å². The van der Waals surface area contributed by atoms with Crippen LogP contribution < -0.4 is 10.6 Å². The molecule has 0 radical (unpaired) electrons. The second-order valence-corrected chi connectivity index (χ2v) is 1.69. The summed E-state index contributed by atoms with van der Waals surface area (Å²) in [6.45, 7) is 4.92. The van der Waals surface area contributed by atoms with Crippen molar-refractivity contribution in [1.82, 2.24) is 10.6 Å². The molecule has 0 unspecified atom stereocenters. The Morgan fingerprint density at radius 3 is 3.38 bits per heavy atom. The number of aliphatic imine (C=N–C) groups is 1. The van der Waals surface area contributed by atoms with E-state index in [1.54, 1.807) is 0 Å². The Labute approximate surface area is 52.2 Å². The lowest BCUT2D eigenvalue weighted by atomic mass is 10.7. The summed E-state index contributed by atoms with van der Waals surface area (Å²) < 4.78 is 0. The topological polar surface area (TPSA) is 36.4 Å². The van der Waals surface area contributed by atoms with Crippen LogP contribution in [0, 0.1) is 0 Å². The Kier molecular flexibility index (Phi) is 1.72. The average Bonchev–Trinajstić information content (AvgIpc) is 2.19. The molecule has 1 aliphatic rings. The Bertz CT molecular complexity index is 105. The van der Waals surface area contributed by atoms with Gasteiger partial charge in [0.1, 0.15) is 0 Å². The largest absolute Gasteiger partial charge is 0.357 e. The summed E-state index contributed by atoms with van der Waals surface area (Å²) in [6, 6.07) is 0. The van der Waals surface area contributed by atoms with E-state index in [9.17, 15) is 0 Å². The molecule has 0 aromatic carbocycles. The maximum atomic E-state index is 4.12. The van der Waals surface area contributed by atoms with E-state index in [0.29, 0.717) is 0 Å². The molecule has 0 aromatic rings. The first-order chi connectivity index (χ1) is 3.93. The minimum absolute atomic E-state index is 0. The molecule has 3 nitrogen and oxygen atoms in total. The van der Waals surface area contributed by atoms with Crippen molar-refractivity contribution in [2.75, 3.05) is 19.6 Å². The van der Waals surface area contributed by atoms with Gasteiger partial charge in [-0.25, -0.2) is 0 Å². The van der Waals surface area contributed by atoms with Crippen LogP contribution in [0.15, 0.2) is 4.99 Å². The Morgan fingerprint density at radius 2 is 2.88 bits per heavy atom. The molecule has 50 valence electrons. The summed E-state index contributed by atoms with van der Waals surface area (Å²) in [7, 11) is 0. The lowest BCUT2D eigenvalue weighted by Gasteiger charge is -1.99. The van der Waals surface area contributed by atoms with Gasteiger partial charge >= 0.3 is 0 Å². The molecular formula is C5H15N3. The third-order valence-electron chi connectivity index (χ3n) is 1.02. The highest BCUT2D eigenvalue weighted by atomic mass is 15.2. The number of nitrogens with one attached hydrogen (secondary N) is 2. The molecule has 0 amide bonds. The van der Waals surface area contributed by atoms with Crippen molar-refractivity contribution in [3.63, 3.8) is 0 Å². The van der Waals surface area contributed by atoms with Gasteiger partial charge in [0, 0.05) is 15.9 Å². The van der Waals surface area contributed by atoms with Crippen LogP contribution in [-0.4, -0.2) is 25.6 Å². The molecule has 0 bridgehead atoms. The molecule has 2 N–H and O–H groups in total. The minimum atomic E-state index is 0. The number of guanidine groups is 1. The van der Waals surface area contributed by atoms with Crippen LogP contribution in [0.3, 0.4) is 0 Å². The van der Waals surface area contributed by atoms with E-state index in [4.69, 9.17) is 0 Å². The van der Waals surface area contributed by atoms with Gasteiger partial charge in [-0.3, -0.25) is 4.99 Å². The fourth-order valence-electron chi connectivity index (χ4n) is 0.684. The zero-order valence-electron chi connectivity index (χ0n) is 5.07. The third kappa shape index (κ3) is 1.12. The number of hydrogen-bond donors (Lipinski definition) is 2. The first kappa shape index (κ1) is 5.41. The molecule has 0 fully saturated rings. The Hall–Kier alpha value is -0.730. The van der Waals surface area contributed by atoms with E-state index in [-0.39, 0.29) is 2.85 Å². The van der Waals surface area contributed by atoms with Crippen molar-refractivity contribution in [3.05, 3.63) is 0 Å². The Balaban J connectivity index is 0. The van der Waals surface area contributed by atoms with Gasteiger partial charge in [-0.15, -0.1) is 0 Å². The first-order valence-corrected chi connectivity index (χ1v) is 2.95. The standard InChI is InChI=1S/C5H11N3.2H2/c1-2-6-5-7-3-4-8-5;;/h2-4H2,1H3,(H2,6,7,8);2*1H. The van der Waals surface area contributed by atoms with E-state index in [0.717, 1.165) is 25.6 Å². The predicted molar refractivity (Wildman–Crippen MR) is 38.2 cm³/mol. The summed E-state index contributed by atoms with van der Waals surface area (Å²) in [5, 5.41) is 6.18. The van der Waals surface area contributed by atoms with Gasteiger partial charge in [-0.05, 0) is 6.92 Å². The first-order valence-electron chi connectivity index (χ1n) is 2.95. The molecule has 1 aliphatic heterocycles. The quantitative estimate of drug-likeness (QED) is 0.509. The van der Waals surface area contributed by atoms with E-state index >= 15 is 0 Å². The van der Waals surface area contributed by atoms with Crippen LogP contribution in [0.25, 0.3) is 0 Å². The SMILES string of the molecule is CCNC1=NCCN1.[HH].[HH]. The fourth-order valence-corrected chi connectivity index (χ4v) is 0.684. The normalized spacial score (nSPS) is 17.4. The molecule has 3 heteroatoms. The van der Waals surface area contributed by atoms with Crippen molar-refractivity contribution < 1.29 is 2.85 Å². The second kappa shape index (κ2) is 2.55. The lowest BCUT2D eigenvalue weighted by Crippen LogP contribution is -2.33. The van der Waals surface area contributed by atoms with Crippen molar-refractivity contribution in [2.24, 2.45) is 4.99 Å². The molecule has 0 saturated heterocycles. The van der Waals surface area contributed by atoms with Crippen LogP contribution in [0.5, 0.6) is 0 Å². The number of rotatable bonds is 1. The molecule has 8 heavy (non-hydrogen) atoms. The van der Waals surface area contributed by atoms with Crippen LogP contribution in [0.4, 0.5) is 0 Å². The predicted octanol–water partition coefficient (Wildman–Crippen LogP) is 0.0471. The van der Waals surface area contributed by atoms with Crippen LogP contribution in [-0.2, 0) is 0 Å². The minimum Gasteiger partial charge on any atom is -0.357 e. The van der Waals surface area contributed by atoms with Gasteiger partial charge in [0.05, 0.1) is 6.54 Å². The van der Waals surface area contributed by atoms with Crippen molar-refractivity contribution >= 4 is 5.96 Å². The van der Waals surface area contributed by atoms with Crippen LogP contribution in [0.1, 0.15) is 9.78 Å². The maximum Gasteiger partial charge on any atom is 0.191 e. The average molecular weight is 117 g/mol. The highest BCUT2D eigenvalue weighted by Gasteiger charge is 1.99. The van der Waals surface area contributed by atoms with Gasteiger partial charge in [0.25, 0.3) is 0 Å². The summed E-state index contributed by atoms with van der Waals surface area (Å²) in [5.41, 5.74) is 0. The van der Waals surface area contributed by atoms with Crippen molar-refractivity contribution in [2.45, 2.75) is 6.92 Å². The smallest absolute Gasteiger partial charge is 0.191 e. The molecule has 0 aromatic heterocycles. The van der Waals surface area contributed by atoms with E-state index < -0.39 is 0 Å². The summed E-state index contributed by atoms with van der Waals surface area (Å²) in [6.07, 6.45) is 0. The van der Waals surface area contributed by atoms with Crippen molar-refractivity contribution in [1.29, 1.82) is 0 Å². The third-order valence-corrected chi connectivity index (χ3v) is 1.02. The van der Waals surface area contributed by atoms with Crippen LogP contribution in [0.2, 0.25) is 0 Å². The van der Waals surface area contributed by atoms with Gasteiger partial charge < -0.3 is 10.6 Å². The molecule has 0 spiro atoms. The molecule has 0 aliphatic carbocycles. The van der Waals surface area contributed by atoms with Crippen LogP contribution >= 0.6 is 0 Å². The zero-order valence-corrected chi connectivity index (χ0v) is 5.07. The molecule has 0 saturated carbocycles. The fraction of sp³-hybridized carbons (Fsp3) is 0.800. The van der Waals surface area contributed by atoms with Gasteiger partial charge in [-0.2, -0.15) is 0 Å². The molecule has 0 atom stereocenters. The van der Waals surface area contributed by atoms with Crippen molar-refractivity contribution in [3.8, 4) is 0 Å². The zero-order chi connectivity index (χ0) is 5.82. The summed E-state index contributed by atoms with van der Waals surface area (Å²) >= 11 is 0. The number of nitrogens with zero attached hydrogens (tertiary/aromatic N) is 1. The summed E-state index contributed by atoms with van der Waals surface area (Å²) in [5.74, 6) is 0.951. The molecule has 1 heterocycles. The maximum absolute atomic E-state index is 4.12. The van der Waals surface area contributed by atoms with E-state index in [1.165, 1.54) is 0 Å². The highest BCUT2D eigenvalue weighted by Crippen LogP contribution is 1.78. The highest BCUT2D eigenvalue weighted by molar-refractivity contribution is 5.81. The molecular weight excluding hydrogens is 102 g/mol. The lowest BCUT2D eigenvalue weighted by molar-refractivity contribution is 0.898. The molecule has 1 rings (SSSR count). The second-order valence-electron chi connectivity index (χ2n) is 1.69. The monoisotopic (exact) mass is 117 g/mol. The van der Waals surface area contributed by atoms with Gasteiger partial charge in [-0.1, -0.05) is 0 Å².